The molecular formula is C15H11Cl2N3O. The average Bonchev–Trinajstić information content (AvgIpc) is 2.81. The van der Waals surface area contributed by atoms with E-state index in [4.69, 9.17) is 33.5 Å². The molecule has 6 heteroatoms. The normalized spacial score (nSPS) is 10.8. The Balaban J connectivity index is 2.22. The largest absolute Gasteiger partial charge is 0.367 e. The van der Waals surface area contributed by atoms with Gasteiger partial charge in [0.2, 0.25) is 5.88 Å². The molecule has 4 nitrogen and oxygen atoms in total. The van der Waals surface area contributed by atoms with Gasteiger partial charge in [0.25, 0.3) is 0 Å². The van der Waals surface area contributed by atoms with E-state index in [9.17, 15) is 0 Å². The Bertz CT molecular complexity index is 814. The number of nitrogens with zero attached hydrogens (tertiary/aromatic N) is 2. The molecular weight excluding hydrogens is 309 g/mol. The van der Waals surface area contributed by atoms with Crippen LogP contribution in [-0.2, 0) is 0 Å². The van der Waals surface area contributed by atoms with Gasteiger partial charge < -0.3 is 10.3 Å². The maximum absolute atomic E-state index is 6.26. The van der Waals surface area contributed by atoms with Crippen LogP contribution < -0.4 is 5.73 Å². The molecule has 2 aromatic heterocycles. The second-order valence-electron chi connectivity index (χ2n) is 4.65. The van der Waals surface area contributed by atoms with Crippen molar-refractivity contribution in [1.29, 1.82) is 0 Å². The summed E-state index contributed by atoms with van der Waals surface area (Å²) in [6, 6.07) is 7.15. The molecule has 0 amide bonds. The molecule has 0 spiro atoms. The quantitative estimate of drug-likeness (QED) is 0.749. The van der Waals surface area contributed by atoms with E-state index in [1.165, 1.54) is 0 Å². The van der Waals surface area contributed by atoms with Gasteiger partial charge in [0.05, 0.1) is 10.6 Å². The van der Waals surface area contributed by atoms with Crippen LogP contribution in [0.25, 0.3) is 22.4 Å². The highest BCUT2D eigenvalue weighted by Crippen LogP contribution is 2.40. The van der Waals surface area contributed by atoms with Gasteiger partial charge in [-0.2, -0.15) is 0 Å². The van der Waals surface area contributed by atoms with Gasteiger partial charge in [-0.1, -0.05) is 34.4 Å². The molecule has 2 N–H and O–H groups in total. The van der Waals surface area contributed by atoms with Crippen molar-refractivity contribution in [3.05, 3.63) is 52.3 Å². The summed E-state index contributed by atoms with van der Waals surface area (Å²) < 4.78 is 5.14. The number of aromatic nitrogens is 2. The van der Waals surface area contributed by atoms with Crippen LogP contribution >= 0.6 is 23.2 Å². The lowest BCUT2D eigenvalue weighted by atomic mass is 10.0. The van der Waals surface area contributed by atoms with Crippen molar-refractivity contribution in [3.63, 3.8) is 0 Å². The lowest BCUT2D eigenvalue weighted by Gasteiger charge is -2.06. The van der Waals surface area contributed by atoms with Crippen molar-refractivity contribution >= 4 is 29.1 Å². The van der Waals surface area contributed by atoms with Crippen LogP contribution in [0.5, 0.6) is 0 Å². The van der Waals surface area contributed by atoms with Crippen LogP contribution in [0.4, 0.5) is 5.88 Å². The number of rotatable bonds is 2. The predicted molar refractivity (Wildman–Crippen MR) is 84.3 cm³/mol. The van der Waals surface area contributed by atoms with Crippen LogP contribution in [0.3, 0.4) is 0 Å². The third-order valence-electron chi connectivity index (χ3n) is 3.07. The van der Waals surface area contributed by atoms with E-state index in [1.54, 1.807) is 30.6 Å². The highest BCUT2D eigenvalue weighted by atomic mass is 35.5. The van der Waals surface area contributed by atoms with E-state index in [0.29, 0.717) is 21.3 Å². The molecule has 0 aliphatic heterocycles. The first-order valence-electron chi connectivity index (χ1n) is 6.19. The summed E-state index contributed by atoms with van der Waals surface area (Å²) in [5.74, 6) is 0.204. The molecule has 0 saturated heterocycles. The van der Waals surface area contributed by atoms with E-state index in [-0.39, 0.29) is 5.88 Å². The van der Waals surface area contributed by atoms with Crippen molar-refractivity contribution in [3.8, 4) is 22.4 Å². The highest BCUT2D eigenvalue weighted by Gasteiger charge is 2.20. The highest BCUT2D eigenvalue weighted by molar-refractivity contribution is 6.36. The second kappa shape index (κ2) is 5.39. The second-order valence-corrected chi connectivity index (χ2v) is 5.49. The summed E-state index contributed by atoms with van der Waals surface area (Å²) in [6.07, 6.45) is 3.47. The fraction of sp³-hybridized carbons (Fsp3) is 0.0667. The van der Waals surface area contributed by atoms with E-state index in [1.807, 2.05) is 13.0 Å². The fourth-order valence-corrected chi connectivity index (χ4v) is 2.64. The number of nitrogens with two attached hydrogens (primary N) is 1. The number of pyridine rings is 1. The molecule has 0 aliphatic rings. The zero-order chi connectivity index (χ0) is 15.0. The van der Waals surface area contributed by atoms with Gasteiger partial charge in [-0.15, -0.1) is 0 Å². The number of nitrogen functional groups attached to an aromatic ring is 1. The van der Waals surface area contributed by atoms with Crippen LogP contribution in [-0.4, -0.2) is 10.1 Å². The minimum absolute atomic E-state index is 0.204. The van der Waals surface area contributed by atoms with Gasteiger partial charge in [-0.25, -0.2) is 0 Å². The van der Waals surface area contributed by atoms with Crippen molar-refractivity contribution in [2.24, 2.45) is 0 Å². The number of aryl methyl sites for hydroxylation is 1. The number of hydrogen-bond acceptors (Lipinski definition) is 4. The van der Waals surface area contributed by atoms with Gasteiger partial charge in [0.1, 0.15) is 5.69 Å². The number of anilines is 1. The van der Waals surface area contributed by atoms with Crippen molar-refractivity contribution in [2.75, 3.05) is 5.73 Å². The minimum atomic E-state index is 0.204. The van der Waals surface area contributed by atoms with Crippen molar-refractivity contribution in [1.82, 2.24) is 10.1 Å². The van der Waals surface area contributed by atoms with Crippen molar-refractivity contribution < 1.29 is 4.52 Å². The first kappa shape index (κ1) is 13.9. The lowest BCUT2D eigenvalue weighted by Crippen LogP contribution is -1.90. The molecule has 1 aromatic carbocycles. The van der Waals surface area contributed by atoms with Gasteiger partial charge in [-0.3, -0.25) is 4.98 Å². The Kier molecular flexibility index (Phi) is 3.57. The molecule has 106 valence electrons. The summed E-state index contributed by atoms with van der Waals surface area (Å²) in [5, 5.41) is 5.07. The van der Waals surface area contributed by atoms with E-state index < -0.39 is 0 Å². The molecule has 21 heavy (non-hydrogen) atoms. The molecule has 0 fully saturated rings. The number of benzene rings is 1. The Labute approximate surface area is 131 Å². The third kappa shape index (κ3) is 2.60. The third-order valence-corrected chi connectivity index (χ3v) is 3.62. The predicted octanol–water partition coefficient (Wildman–Crippen LogP) is 4.60. The molecule has 0 aliphatic carbocycles. The smallest absolute Gasteiger partial charge is 0.230 e. The summed E-state index contributed by atoms with van der Waals surface area (Å²) in [7, 11) is 0. The average molecular weight is 320 g/mol. The molecule has 2 heterocycles. The maximum atomic E-state index is 6.26. The number of halogens is 2. The minimum Gasteiger partial charge on any atom is -0.367 e. The maximum Gasteiger partial charge on any atom is 0.230 e. The molecule has 0 bridgehead atoms. The van der Waals surface area contributed by atoms with E-state index in [2.05, 4.69) is 10.1 Å². The SMILES string of the molecule is Cc1cncc(-c2noc(N)c2-c2ccc(Cl)cc2Cl)c1. The van der Waals surface area contributed by atoms with Crippen molar-refractivity contribution in [2.45, 2.75) is 6.92 Å². The summed E-state index contributed by atoms with van der Waals surface area (Å²) in [4.78, 5) is 4.16. The monoisotopic (exact) mass is 319 g/mol. The Morgan fingerprint density at radius 1 is 1.14 bits per heavy atom. The van der Waals surface area contributed by atoms with Crippen LogP contribution in [0.2, 0.25) is 10.0 Å². The van der Waals surface area contributed by atoms with Gasteiger partial charge in [-0.05, 0) is 30.7 Å². The lowest BCUT2D eigenvalue weighted by molar-refractivity contribution is 0.439. The topological polar surface area (TPSA) is 64.9 Å². The van der Waals surface area contributed by atoms with Gasteiger partial charge in [0.15, 0.2) is 0 Å². The molecule has 3 rings (SSSR count). The zero-order valence-corrected chi connectivity index (χ0v) is 12.6. The molecule has 0 unspecified atom stereocenters. The Morgan fingerprint density at radius 3 is 2.67 bits per heavy atom. The van der Waals surface area contributed by atoms with Crippen LogP contribution in [0.15, 0.2) is 41.2 Å². The molecule has 0 radical (unpaired) electrons. The summed E-state index contributed by atoms with van der Waals surface area (Å²) >= 11 is 12.2. The summed E-state index contributed by atoms with van der Waals surface area (Å²) in [6.45, 7) is 1.95. The first-order chi connectivity index (χ1) is 10.1. The molecule has 3 aromatic rings. The Morgan fingerprint density at radius 2 is 1.95 bits per heavy atom. The van der Waals surface area contributed by atoms with Crippen LogP contribution in [0, 0.1) is 6.92 Å². The summed E-state index contributed by atoms with van der Waals surface area (Å²) in [5.41, 5.74) is 9.71. The number of hydrogen-bond donors (Lipinski definition) is 1. The zero-order valence-electron chi connectivity index (χ0n) is 11.1. The standard InChI is InChI=1S/C15H11Cl2N3O/c1-8-4-9(7-19-6-8)14-13(15(18)21-20-14)11-3-2-10(16)5-12(11)17/h2-7H,18H2,1H3. The first-order valence-corrected chi connectivity index (χ1v) is 6.94. The van der Waals surface area contributed by atoms with Crippen LogP contribution in [0.1, 0.15) is 5.56 Å². The molecule has 0 saturated carbocycles. The van der Waals surface area contributed by atoms with E-state index in [0.717, 1.165) is 16.7 Å². The fourth-order valence-electron chi connectivity index (χ4n) is 2.14. The van der Waals surface area contributed by atoms with E-state index >= 15 is 0 Å². The van der Waals surface area contributed by atoms with Gasteiger partial charge in [0, 0.05) is 28.5 Å². The molecule has 0 atom stereocenters. The Hall–Kier alpha value is -2.04. The van der Waals surface area contributed by atoms with Gasteiger partial charge >= 0.3 is 0 Å².